The number of rotatable bonds is 7. The summed E-state index contributed by atoms with van der Waals surface area (Å²) in [5.74, 6) is 0.134. The lowest BCUT2D eigenvalue weighted by Gasteiger charge is -2.13. The minimum absolute atomic E-state index is 0.0538. The highest BCUT2D eigenvalue weighted by Gasteiger charge is 2.31. The Morgan fingerprint density at radius 1 is 1.05 bits per heavy atom. The SMILES string of the molecule is Cc1ccc(C)c(N/C(N)=N/C(O)Nc2ccc(-c3ncn(-c4ccc(OC(F)(F)F)cc4)n3)cc2)c1. The molecule has 0 fully saturated rings. The summed E-state index contributed by atoms with van der Waals surface area (Å²) in [6.07, 6.45) is -4.59. The van der Waals surface area contributed by atoms with Crippen LogP contribution < -0.4 is 21.1 Å². The molecule has 3 aromatic carbocycles. The number of alkyl halides is 3. The molecule has 1 unspecified atom stereocenters. The predicted octanol–water partition coefficient (Wildman–Crippen LogP) is 4.56. The van der Waals surface area contributed by atoms with Gasteiger partial charge in [0.15, 0.2) is 11.8 Å². The largest absolute Gasteiger partial charge is 0.573 e. The molecule has 0 aliphatic carbocycles. The summed E-state index contributed by atoms with van der Waals surface area (Å²) < 4.78 is 42.3. The van der Waals surface area contributed by atoms with Crippen molar-refractivity contribution in [3.05, 3.63) is 84.2 Å². The maximum atomic E-state index is 12.3. The number of hydrogen-bond acceptors (Lipinski definition) is 6. The summed E-state index contributed by atoms with van der Waals surface area (Å²) in [6.45, 7) is 3.90. The van der Waals surface area contributed by atoms with Crippen molar-refractivity contribution in [2.24, 2.45) is 10.7 Å². The van der Waals surface area contributed by atoms with Crippen molar-refractivity contribution in [3.8, 4) is 22.8 Å². The van der Waals surface area contributed by atoms with E-state index < -0.39 is 12.7 Å². The van der Waals surface area contributed by atoms with Gasteiger partial charge in [-0.3, -0.25) is 0 Å². The number of aliphatic hydroxyl groups excluding tert-OH is 1. The van der Waals surface area contributed by atoms with Crippen LogP contribution in [-0.4, -0.2) is 38.5 Å². The number of halogens is 3. The van der Waals surface area contributed by atoms with E-state index >= 15 is 0 Å². The maximum absolute atomic E-state index is 12.3. The van der Waals surface area contributed by atoms with Crippen LogP contribution in [0.2, 0.25) is 0 Å². The molecule has 4 aromatic rings. The molecule has 5 N–H and O–H groups in total. The van der Waals surface area contributed by atoms with E-state index in [4.69, 9.17) is 5.73 Å². The second-order valence-corrected chi connectivity index (χ2v) is 8.11. The molecule has 1 atom stereocenters. The van der Waals surface area contributed by atoms with Crippen LogP contribution in [0.4, 0.5) is 24.5 Å². The first-order valence-electron chi connectivity index (χ1n) is 11.1. The van der Waals surface area contributed by atoms with Gasteiger partial charge in [-0.1, -0.05) is 12.1 Å². The Labute approximate surface area is 210 Å². The highest BCUT2D eigenvalue weighted by atomic mass is 19.4. The molecule has 37 heavy (non-hydrogen) atoms. The summed E-state index contributed by atoms with van der Waals surface area (Å²) in [6, 6.07) is 18.1. The first-order valence-corrected chi connectivity index (χ1v) is 11.1. The van der Waals surface area contributed by atoms with Gasteiger partial charge in [0.2, 0.25) is 6.35 Å². The van der Waals surface area contributed by atoms with E-state index in [0.29, 0.717) is 22.8 Å². The van der Waals surface area contributed by atoms with Crippen molar-refractivity contribution >= 4 is 17.3 Å². The first-order chi connectivity index (χ1) is 17.6. The van der Waals surface area contributed by atoms with E-state index in [1.165, 1.54) is 35.3 Å². The third-order valence-electron chi connectivity index (χ3n) is 5.18. The smallest absolute Gasteiger partial charge is 0.406 e. The number of nitrogens with one attached hydrogen (secondary N) is 2. The Hall–Kier alpha value is -4.58. The van der Waals surface area contributed by atoms with Crippen LogP contribution in [0.5, 0.6) is 5.75 Å². The minimum atomic E-state index is -4.75. The fourth-order valence-corrected chi connectivity index (χ4v) is 3.39. The summed E-state index contributed by atoms with van der Waals surface area (Å²) >= 11 is 0. The molecule has 9 nitrogen and oxygen atoms in total. The molecule has 0 aliphatic rings. The highest BCUT2D eigenvalue weighted by Crippen LogP contribution is 2.24. The summed E-state index contributed by atoms with van der Waals surface area (Å²) in [5.41, 5.74) is 10.6. The summed E-state index contributed by atoms with van der Waals surface area (Å²) in [7, 11) is 0. The molecule has 0 spiro atoms. The third-order valence-corrected chi connectivity index (χ3v) is 5.18. The van der Waals surface area contributed by atoms with Crippen LogP contribution in [0.15, 0.2) is 78.0 Å². The quantitative estimate of drug-likeness (QED) is 0.163. The van der Waals surface area contributed by atoms with Gasteiger partial charge < -0.3 is 26.2 Å². The third kappa shape index (κ3) is 6.98. The van der Waals surface area contributed by atoms with Crippen LogP contribution in [0.25, 0.3) is 17.1 Å². The van der Waals surface area contributed by atoms with Crippen molar-refractivity contribution in [1.82, 2.24) is 14.8 Å². The molecule has 12 heteroatoms. The van der Waals surface area contributed by atoms with Gasteiger partial charge in [0.05, 0.1) is 5.69 Å². The van der Waals surface area contributed by atoms with Gasteiger partial charge in [0.1, 0.15) is 12.1 Å². The van der Waals surface area contributed by atoms with Crippen molar-refractivity contribution in [2.45, 2.75) is 26.6 Å². The molecular formula is C25H24F3N7O2. The van der Waals surface area contributed by atoms with Crippen LogP contribution in [0, 0.1) is 13.8 Å². The van der Waals surface area contributed by atoms with E-state index in [1.54, 1.807) is 24.3 Å². The Bertz CT molecular complexity index is 1380. The van der Waals surface area contributed by atoms with Gasteiger partial charge in [-0.15, -0.1) is 18.3 Å². The van der Waals surface area contributed by atoms with Gasteiger partial charge in [-0.25, -0.2) is 14.7 Å². The number of aryl methyl sites for hydroxylation is 2. The number of benzene rings is 3. The summed E-state index contributed by atoms with van der Waals surface area (Å²) in [4.78, 5) is 8.26. The van der Waals surface area contributed by atoms with E-state index in [9.17, 15) is 18.3 Å². The lowest BCUT2D eigenvalue weighted by Crippen LogP contribution is -2.28. The van der Waals surface area contributed by atoms with Gasteiger partial charge in [-0.05, 0) is 79.6 Å². The van der Waals surface area contributed by atoms with Crippen molar-refractivity contribution in [2.75, 3.05) is 10.6 Å². The minimum Gasteiger partial charge on any atom is -0.406 e. The molecule has 4 rings (SSSR count). The first kappa shape index (κ1) is 25.5. The maximum Gasteiger partial charge on any atom is 0.573 e. The second kappa shape index (κ2) is 10.6. The molecule has 192 valence electrons. The lowest BCUT2D eigenvalue weighted by atomic mass is 10.1. The molecule has 0 saturated heterocycles. The zero-order chi connectivity index (χ0) is 26.6. The number of ether oxygens (including phenoxy) is 1. The van der Waals surface area contributed by atoms with Crippen molar-refractivity contribution < 1.29 is 23.0 Å². The number of anilines is 2. The Balaban J connectivity index is 1.37. The van der Waals surface area contributed by atoms with E-state index in [-0.39, 0.29) is 11.7 Å². The van der Waals surface area contributed by atoms with Gasteiger partial charge in [0.25, 0.3) is 0 Å². The number of guanidine groups is 1. The number of aliphatic imine (C=N–C) groups is 1. The molecule has 1 heterocycles. The second-order valence-electron chi connectivity index (χ2n) is 8.11. The monoisotopic (exact) mass is 511 g/mol. The topological polar surface area (TPSA) is 123 Å². The van der Waals surface area contributed by atoms with E-state index in [1.807, 2.05) is 32.0 Å². The normalized spacial score (nSPS) is 12.8. The zero-order valence-electron chi connectivity index (χ0n) is 19.9. The standard InChI is InChI=1S/C25H24F3N7O2/c1-15-3-4-16(2)21(13-15)32-23(29)33-24(36)31-18-7-5-17(6-8-18)22-30-14-35(34-22)19-9-11-20(12-10-19)37-25(26,27)28/h3-14,24,31,36H,1-2H3,(H3,29,32,33). The van der Waals surface area contributed by atoms with Crippen LogP contribution in [0.3, 0.4) is 0 Å². The zero-order valence-corrected chi connectivity index (χ0v) is 19.9. The number of aromatic nitrogens is 3. The molecule has 0 radical (unpaired) electrons. The average Bonchev–Trinajstić information content (AvgIpc) is 3.31. The van der Waals surface area contributed by atoms with Gasteiger partial charge >= 0.3 is 6.36 Å². The van der Waals surface area contributed by atoms with Crippen molar-refractivity contribution in [1.29, 1.82) is 0 Å². The Kier molecular flexibility index (Phi) is 7.30. The fraction of sp³-hybridized carbons (Fsp3) is 0.160. The molecule has 0 bridgehead atoms. The highest BCUT2D eigenvalue weighted by molar-refractivity contribution is 5.93. The number of nitrogens with zero attached hydrogens (tertiary/aromatic N) is 4. The molecular weight excluding hydrogens is 487 g/mol. The number of aliphatic hydroxyl groups is 1. The molecule has 1 aromatic heterocycles. The van der Waals surface area contributed by atoms with Crippen LogP contribution in [-0.2, 0) is 0 Å². The van der Waals surface area contributed by atoms with Gasteiger partial charge in [0, 0.05) is 16.9 Å². The van der Waals surface area contributed by atoms with Crippen LogP contribution >= 0.6 is 0 Å². The average molecular weight is 512 g/mol. The molecule has 0 saturated carbocycles. The predicted molar refractivity (Wildman–Crippen MR) is 134 cm³/mol. The Morgan fingerprint density at radius 3 is 2.43 bits per heavy atom. The fourth-order valence-electron chi connectivity index (χ4n) is 3.39. The molecule has 0 aliphatic heterocycles. The van der Waals surface area contributed by atoms with Crippen LogP contribution in [0.1, 0.15) is 11.1 Å². The van der Waals surface area contributed by atoms with Gasteiger partial charge in [-0.2, -0.15) is 0 Å². The molecule has 0 amide bonds. The number of hydrogen-bond donors (Lipinski definition) is 4. The van der Waals surface area contributed by atoms with E-state index in [0.717, 1.165) is 16.8 Å². The lowest BCUT2D eigenvalue weighted by molar-refractivity contribution is -0.274. The summed E-state index contributed by atoms with van der Waals surface area (Å²) in [5, 5.41) is 20.4. The van der Waals surface area contributed by atoms with Crippen molar-refractivity contribution in [3.63, 3.8) is 0 Å². The number of nitrogens with two attached hydrogens (primary N) is 1. The van der Waals surface area contributed by atoms with E-state index in [2.05, 4.69) is 30.4 Å². The Morgan fingerprint density at radius 2 is 1.76 bits per heavy atom.